The Morgan fingerprint density at radius 3 is 2.25 bits per heavy atom. The summed E-state index contributed by atoms with van der Waals surface area (Å²) < 4.78 is 5.42. The van der Waals surface area contributed by atoms with Crippen molar-refractivity contribution in [1.29, 1.82) is 0 Å². The molecule has 0 aliphatic carbocycles. The van der Waals surface area contributed by atoms with E-state index in [1.807, 2.05) is 0 Å². The Morgan fingerprint density at radius 2 is 2.12 bits per heavy atom. The van der Waals surface area contributed by atoms with Crippen molar-refractivity contribution in [2.24, 2.45) is 0 Å². The van der Waals surface area contributed by atoms with Crippen LogP contribution in [0.15, 0.2) is 0 Å². The molecule has 0 saturated heterocycles. The molecule has 0 saturated carbocycles. The largest absolute Gasteiger partial charge is 0.452 e. The van der Waals surface area contributed by atoms with E-state index in [0.717, 1.165) is 4.73 Å². The molecule has 0 aliphatic rings. The normalized spacial score (nSPS) is 8.75. The molecule has 0 N–H and O–H groups in total. The van der Waals surface area contributed by atoms with Gasteiger partial charge in [0.25, 0.3) is 0 Å². The molecule has 0 aromatic heterocycles. The molecule has 0 fully saturated rings. The predicted molar refractivity (Wildman–Crippen MR) is 31.2 cm³/mol. The maximum atomic E-state index is 10.4. The quantitative estimate of drug-likeness (QED) is 0.338. The minimum absolute atomic E-state index is 0.445. The molecule has 5 heteroatoms. The van der Waals surface area contributed by atoms with Crippen LogP contribution in [0.2, 0.25) is 0 Å². The van der Waals surface area contributed by atoms with E-state index in [2.05, 4.69) is 9.57 Å². The standard InChI is InChI=1S/C3H9NO3Si/c1-6-3(5)4(8)7-2/h1-2,8H3. The monoisotopic (exact) mass is 135 g/mol. The van der Waals surface area contributed by atoms with Gasteiger partial charge in [-0.05, 0) is 0 Å². The molecule has 0 aliphatic heterocycles. The third-order valence-electron chi connectivity index (χ3n) is 0.706. The number of nitrogens with zero attached hydrogens (tertiary/aromatic N) is 1. The lowest BCUT2D eigenvalue weighted by Gasteiger charge is -2.11. The van der Waals surface area contributed by atoms with Crippen molar-refractivity contribution in [1.82, 2.24) is 4.73 Å². The Morgan fingerprint density at radius 1 is 1.62 bits per heavy atom. The van der Waals surface area contributed by atoms with E-state index in [4.69, 9.17) is 0 Å². The second kappa shape index (κ2) is 3.45. The molecular weight excluding hydrogens is 126 g/mol. The van der Waals surface area contributed by atoms with Crippen molar-refractivity contribution in [2.75, 3.05) is 14.2 Å². The van der Waals surface area contributed by atoms with Crippen LogP contribution in [0.4, 0.5) is 4.79 Å². The van der Waals surface area contributed by atoms with Crippen LogP contribution in [0.25, 0.3) is 0 Å². The Bertz CT molecular complexity index is 86.6. The van der Waals surface area contributed by atoms with Crippen molar-refractivity contribution in [2.45, 2.75) is 0 Å². The zero-order valence-electron chi connectivity index (χ0n) is 5.17. The Labute approximate surface area is 50.8 Å². The summed E-state index contributed by atoms with van der Waals surface area (Å²) in [4.78, 5) is 14.9. The first kappa shape index (κ1) is 7.45. The smallest absolute Gasteiger partial charge is 0.424 e. The number of hydroxylamine groups is 1. The first-order valence-corrected chi connectivity index (χ1v) is 2.97. The first-order chi connectivity index (χ1) is 3.72. The Hall–Kier alpha value is -0.553. The predicted octanol–water partition coefficient (Wildman–Crippen LogP) is -1.10. The van der Waals surface area contributed by atoms with Gasteiger partial charge in [-0.2, -0.15) is 0 Å². The van der Waals surface area contributed by atoms with Gasteiger partial charge in [-0.1, -0.05) is 0 Å². The maximum absolute atomic E-state index is 10.4. The van der Waals surface area contributed by atoms with E-state index >= 15 is 0 Å². The number of carbonyl (C=O) groups excluding carboxylic acids is 1. The molecule has 0 radical (unpaired) electrons. The fourth-order valence-corrected chi connectivity index (χ4v) is 0.386. The minimum atomic E-state index is -0.445. The molecule has 0 rings (SSSR count). The molecule has 48 valence electrons. The van der Waals surface area contributed by atoms with Gasteiger partial charge in [0.2, 0.25) is 0 Å². The number of ether oxygens (including phenoxy) is 1. The lowest BCUT2D eigenvalue weighted by atomic mass is 11.2. The molecular formula is C3H9NO3Si. The molecule has 0 aromatic carbocycles. The number of carbonyl (C=O) groups is 1. The van der Waals surface area contributed by atoms with Crippen molar-refractivity contribution in [3.63, 3.8) is 0 Å². The van der Waals surface area contributed by atoms with Gasteiger partial charge >= 0.3 is 6.09 Å². The fourth-order valence-electron chi connectivity index (χ4n) is 0.203. The summed E-state index contributed by atoms with van der Waals surface area (Å²) in [5.41, 5.74) is 0. The maximum Gasteiger partial charge on any atom is 0.424 e. The summed E-state index contributed by atoms with van der Waals surface area (Å²) in [5, 5.41) is 0. The molecule has 0 atom stereocenters. The zero-order chi connectivity index (χ0) is 6.57. The number of hydrogen-bond donors (Lipinski definition) is 0. The van der Waals surface area contributed by atoms with Gasteiger partial charge in [-0.15, -0.1) is 0 Å². The van der Waals surface area contributed by atoms with Crippen LogP contribution in [0, 0.1) is 0 Å². The van der Waals surface area contributed by atoms with E-state index in [1.165, 1.54) is 14.2 Å². The lowest BCUT2D eigenvalue weighted by molar-refractivity contribution is -0.0355. The SMILES string of the molecule is COC(=O)N([SiH3])OC. The number of rotatable bonds is 1. The average molecular weight is 135 g/mol. The second-order valence-electron chi connectivity index (χ2n) is 1.15. The Balaban J connectivity index is 3.46. The van der Waals surface area contributed by atoms with E-state index in [0.29, 0.717) is 10.4 Å². The number of hydrogen-bond acceptors (Lipinski definition) is 3. The third-order valence-corrected chi connectivity index (χ3v) is 1.44. The van der Waals surface area contributed by atoms with Gasteiger partial charge in [-0.3, -0.25) is 4.84 Å². The zero-order valence-corrected chi connectivity index (χ0v) is 7.17. The van der Waals surface area contributed by atoms with Gasteiger partial charge in [-0.25, -0.2) is 9.52 Å². The highest BCUT2D eigenvalue weighted by molar-refractivity contribution is 6.11. The van der Waals surface area contributed by atoms with E-state index in [9.17, 15) is 4.79 Å². The average Bonchev–Trinajstić information content (AvgIpc) is 1.84. The van der Waals surface area contributed by atoms with Gasteiger partial charge in [0.15, 0.2) is 10.4 Å². The molecule has 0 heterocycles. The van der Waals surface area contributed by atoms with Crippen LogP contribution in [0.3, 0.4) is 0 Å². The molecule has 8 heavy (non-hydrogen) atoms. The lowest BCUT2D eigenvalue weighted by Crippen LogP contribution is -2.26. The summed E-state index contributed by atoms with van der Waals surface area (Å²) in [7, 11) is 3.25. The highest BCUT2D eigenvalue weighted by atomic mass is 28.2. The minimum Gasteiger partial charge on any atom is -0.452 e. The summed E-state index contributed by atoms with van der Waals surface area (Å²) in [5.74, 6) is 0. The summed E-state index contributed by atoms with van der Waals surface area (Å²) in [6.07, 6.45) is -0.445. The van der Waals surface area contributed by atoms with Crippen LogP contribution in [-0.2, 0) is 9.57 Å². The van der Waals surface area contributed by atoms with Crippen molar-refractivity contribution in [3.8, 4) is 0 Å². The molecule has 0 aromatic rings. The van der Waals surface area contributed by atoms with Crippen LogP contribution in [0.5, 0.6) is 0 Å². The van der Waals surface area contributed by atoms with Crippen LogP contribution < -0.4 is 0 Å². The Kier molecular flexibility index (Phi) is 3.21. The molecule has 1 amide bonds. The second-order valence-corrected chi connectivity index (χ2v) is 1.96. The highest BCUT2D eigenvalue weighted by Gasteiger charge is 2.02. The van der Waals surface area contributed by atoms with E-state index in [1.54, 1.807) is 0 Å². The summed E-state index contributed by atoms with van der Waals surface area (Å²) in [6, 6.07) is 0. The molecule has 0 spiro atoms. The van der Waals surface area contributed by atoms with Gasteiger partial charge < -0.3 is 4.74 Å². The molecule has 0 bridgehead atoms. The third kappa shape index (κ3) is 1.94. The van der Waals surface area contributed by atoms with E-state index < -0.39 is 6.09 Å². The molecule has 4 nitrogen and oxygen atoms in total. The van der Waals surface area contributed by atoms with Crippen LogP contribution >= 0.6 is 0 Å². The van der Waals surface area contributed by atoms with Crippen LogP contribution in [-0.4, -0.2) is 35.4 Å². The fraction of sp³-hybridized carbons (Fsp3) is 0.667. The van der Waals surface area contributed by atoms with Crippen molar-refractivity contribution < 1.29 is 14.4 Å². The van der Waals surface area contributed by atoms with Gasteiger partial charge in [0.05, 0.1) is 14.2 Å². The van der Waals surface area contributed by atoms with E-state index in [-0.39, 0.29) is 0 Å². The number of methoxy groups -OCH3 is 1. The van der Waals surface area contributed by atoms with Crippen molar-refractivity contribution in [3.05, 3.63) is 0 Å². The van der Waals surface area contributed by atoms with Crippen molar-refractivity contribution >= 4 is 16.5 Å². The van der Waals surface area contributed by atoms with Gasteiger partial charge in [0, 0.05) is 0 Å². The van der Waals surface area contributed by atoms with Crippen LogP contribution in [0.1, 0.15) is 0 Å². The first-order valence-electron chi connectivity index (χ1n) is 2.08. The van der Waals surface area contributed by atoms with Gasteiger partial charge in [0.1, 0.15) is 0 Å². The topological polar surface area (TPSA) is 38.8 Å². The highest BCUT2D eigenvalue weighted by Crippen LogP contribution is 1.83. The summed E-state index contributed by atoms with van der Waals surface area (Å²) >= 11 is 0. The molecule has 0 unspecified atom stereocenters. The summed E-state index contributed by atoms with van der Waals surface area (Å²) in [6.45, 7) is 0. The number of amides is 1.